The monoisotopic (exact) mass is 287 g/mol. The van der Waals surface area contributed by atoms with Gasteiger partial charge in [0, 0.05) is 15.9 Å². The maximum atomic E-state index is 11.6. The number of hydrogen-bond acceptors (Lipinski definition) is 7. The first-order chi connectivity index (χ1) is 7.59. The molecular weight excluding hydrogens is 286 g/mol. The molecular formula is C5H2BrN7O3. The van der Waals surface area contributed by atoms with Crippen molar-refractivity contribution in [1.82, 2.24) is 29.5 Å². The Bertz CT molecular complexity index is 546. The van der Waals surface area contributed by atoms with Crippen LogP contribution in [-0.4, -0.2) is 40.5 Å². The van der Waals surface area contributed by atoms with Gasteiger partial charge >= 0.3 is 16.7 Å². The SMILES string of the molecule is O=C(n1cncn1)n1nc(Br)nc1[N+](=O)[O-]. The van der Waals surface area contributed by atoms with E-state index >= 15 is 0 Å². The normalized spacial score (nSPS) is 10.3. The highest BCUT2D eigenvalue weighted by atomic mass is 79.9. The van der Waals surface area contributed by atoms with Crippen molar-refractivity contribution in [3.63, 3.8) is 0 Å². The zero-order valence-electron chi connectivity index (χ0n) is 7.39. The zero-order valence-corrected chi connectivity index (χ0v) is 8.97. The van der Waals surface area contributed by atoms with Gasteiger partial charge in [-0.15, -0.1) is 5.10 Å². The average Bonchev–Trinajstić information content (AvgIpc) is 2.84. The molecule has 0 saturated heterocycles. The molecule has 0 radical (unpaired) electrons. The van der Waals surface area contributed by atoms with Crippen molar-refractivity contribution in [2.75, 3.05) is 0 Å². The third kappa shape index (κ3) is 1.67. The molecule has 0 spiro atoms. The second-order valence-electron chi connectivity index (χ2n) is 2.47. The van der Waals surface area contributed by atoms with E-state index in [9.17, 15) is 14.9 Å². The fraction of sp³-hybridized carbons (Fsp3) is 0. The van der Waals surface area contributed by atoms with Crippen molar-refractivity contribution in [3.8, 4) is 0 Å². The summed E-state index contributed by atoms with van der Waals surface area (Å²) in [6.45, 7) is 0. The molecule has 0 bridgehead atoms. The molecule has 0 N–H and O–H groups in total. The van der Waals surface area contributed by atoms with Gasteiger partial charge in [-0.2, -0.15) is 4.68 Å². The number of rotatable bonds is 1. The van der Waals surface area contributed by atoms with Crippen LogP contribution in [-0.2, 0) is 0 Å². The summed E-state index contributed by atoms with van der Waals surface area (Å²) in [4.78, 5) is 28.4. The van der Waals surface area contributed by atoms with Crippen LogP contribution in [0.15, 0.2) is 17.4 Å². The average molecular weight is 288 g/mol. The third-order valence-electron chi connectivity index (χ3n) is 1.52. The smallest absolute Gasteiger partial charge is 0.390 e. The van der Waals surface area contributed by atoms with Crippen LogP contribution in [0.25, 0.3) is 0 Å². The van der Waals surface area contributed by atoms with Crippen LogP contribution in [0.4, 0.5) is 10.7 Å². The molecule has 2 rings (SSSR count). The Morgan fingerprint density at radius 3 is 2.88 bits per heavy atom. The van der Waals surface area contributed by atoms with Crippen molar-refractivity contribution < 1.29 is 9.72 Å². The topological polar surface area (TPSA) is 122 Å². The molecule has 2 aromatic heterocycles. The molecule has 11 heteroatoms. The van der Waals surface area contributed by atoms with E-state index in [2.05, 4.69) is 36.1 Å². The molecule has 0 saturated carbocycles. The van der Waals surface area contributed by atoms with Gasteiger partial charge < -0.3 is 10.1 Å². The number of carbonyl (C=O) groups excluding carboxylic acids is 1. The van der Waals surface area contributed by atoms with Crippen molar-refractivity contribution in [1.29, 1.82) is 0 Å². The fourth-order valence-corrected chi connectivity index (χ4v) is 1.25. The first-order valence-corrected chi connectivity index (χ1v) is 4.55. The number of carbonyl (C=O) groups is 1. The van der Waals surface area contributed by atoms with Crippen LogP contribution in [0.2, 0.25) is 0 Å². The minimum absolute atomic E-state index is 0.0623. The van der Waals surface area contributed by atoms with E-state index in [0.29, 0.717) is 4.68 Å². The molecule has 0 unspecified atom stereocenters. The lowest BCUT2D eigenvalue weighted by Gasteiger charge is -1.95. The lowest BCUT2D eigenvalue weighted by molar-refractivity contribution is -0.395. The van der Waals surface area contributed by atoms with Crippen LogP contribution < -0.4 is 0 Å². The van der Waals surface area contributed by atoms with Gasteiger partial charge in [0.25, 0.3) is 0 Å². The maximum absolute atomic E-state index is 11.6. The van der Waals surface area contributed by atoms with E-state index in [4.69, 9.17) is 0 Å². The van der Waals surface area contributed by atoms with E-state index < -0.39 is 16.9 Å². The second-order valence-corrected chi connectivity index (χ2v) is 3.18. The largest absolute Gasteiger partial charge is 0.466 e. The Hall–Kier alpha value is -2.17. The number of aromatic nitrogens is 6. The molecule has 10 nitrogen and oxygen atoms in total. The summed E-state index contributed by atoms with van der Waals surface area (Å²) in [5.41, 5.74) is 0. The third-order valence-corrected chi connectivity index (χ3v) is 1.86. The van der Waals surface area contributed by atoms with Gasteiger partial charge in [-0.05, 0) is 14.6 Å². The van der Waals surface area contributed by atoms with E-state index in [1.165, 1.54) is 0 Å². The highest BCUT2D eigenvalue weighted by Gasteiger charge is 2.27. The Balaban J connectivity index is 2.48. The van der Waals surface area contributed by atoms with Crippen LogP contribution in [0.1, 0.15) is 0 Å². The highest BCUT2D eigenvalue weighted by molar-refractivity contribution is 9.10. The second kappa shape index (κ2) is 3.77. The minimum atomic E-state index is -0.845. The molecule has 82 valence electrons. The maximum Gasteiger partial charge on any atom is 0.466 e. The van der Waals surface area contributed by atoms with Gasteiger partial charge in [0.15, 0.2) is 0 Å². The number of nitro groups is 1. The summed E-state index contributed by atoms with van der Waals surface area (Å²) in [6.07, 6.45) is 2.22. The van der Waals surface area contributed by atoms with E-state index in [1.807, 2.05) is 0 Å². The molecule has 0 aliphatic carbocycles. The summed E-state index contributed by atoms with van der Waals surface area (Å²) in [7, 11) is 0. The number of hydrogen-bond donors (Lipinski definition) is 0. The lowest BCUT2D eigenvalue weighted by Crippen LogP contribution is -2.22. The molecule has 0 fully saturated rings. The van der Waals surface area contributed by atoms with E-state index in [1.54, 1.807) is 0 Å². The fourth-order valence-electron chi connectivity index (χ4n) is 0.930. The van der Waals surface area contributed by atoms with Crippen LogP contribution in [0, 0.1) is 10.1 Å². The lowest BCUT2D eigenvalue weighted by atomic mass is 10.9. The molecule has 2 heterocycles. The van der Waals surface area contributed by atoms with Gasteiger partial charge in [0.05, 0.1) is 0 Å². The summed E-state index contributed by atoms with van der Waals surface area (Å²) < 4.78 is 1.25. The predicted molar refractivity (Wildman–Crippen MR) is 50.6 cm³/mol. The molecule has 0 atom stereocenters. The molecule has 0 amide bonds. The predicted octanol–water partition coefficient (Wildman–Crippen LogP) is 0.0567. The molecule has 0 aliphatic rings. The molecule has 0 aliphatic heterocycles. The summed E-state index contributed by atoms with van der Waals surface area (Å²) >= 11 is 2.84. The van der Waals surface area contributed by atoms with Gasteiger partial charge in [-0.25, -0.2) is 9.78 Å². The summed E-state index contributed by atoms with van der Waals surface area (Å²) in [5.74, 6) is -0.702. The first-order valence-electron chi connectivity index (χ1n) is 3.76. The Morgan fingerprint density at radius 1 is 1.56 bits per heavy atom. The first kappa shape index (κ1) is 10.4. The summed E-state index contributed by atoms with van der Waals surface area (Å²) in [5, 5.41) is 17.6. The standard InChI is InChI=1S/C5H2BrN7O3/c6-3-9-4(13(15)16)12(10-3)5(14)11-2-7-1-8-11/h1-2H. The number of halogens is 1. The minimum Gasteiger partial charge on any atom is -0.390 e. The molecule has 16 heavy (non-hydrogen) atoms. The molecule has 0 aromatic carbocycles. The van der Waals surface area contributed by atoms with Crippen LogP contribution in [0.3, 0.4) is 0 Å². The van der Waals surface area contributed by atoms with Crippen LogP contribution in [0.5, 0.6) is 0 Å². The number of nitrogens with zero attached hydrogens (tertiary/aromatic N) is 7. The highest BCUT2D eigenvalue weighted by Crippen LogP contribution is 2.12. The van der Waals surface area contributed by atoms with Gasteiger partial charge in [0.1, 0.15) is 12.7 Å². The van der Waals surface area contributed by atoms with Crippen molar-refractivity contribution >= 4 is 27.9 Å². The Kier molecular flexibility index (Phi) is 2.44. The summed E-state index contributed by atoms with van der Waals surface area (Å²) in [6, 6.07) is -0.845. The van der Waals surface area contributed by atoms with Crippen molar-refractivity contribution in [2.45, 2.75) is 0 Å². The van der Waals surface area contributed by atoms with E-state index in [0.717, 1.165) is 17.3 Å². The Labute approximate surface area is 95.2 Å². The quantitative estimate of drug-likeness (QED) is 0.537. The van der Waals surface area contributed by atoms with Crippen molar-refractivity contribution in [2.24, 2.45) is 0 Å². The van der Waals surface area contributed by atoms with Gasteiger partial charge in [-0.3, -0.25) is 0 Å². The Morgan fingerprint density at radius 2 is 2.31 bits per heavy atom. The van der Waals surface area contributed by atoms with Gasteiger partial charge in [-0.1, -0.05) is 5.10 Å². The zero-order chi connectivity index (χ0) is 11.7. The van der Waals surface area contributed by atoms with Crippen LogP contribution >= 0.6 is 15.9 Å². The molecule has 2 aromatic rings. The van der Waals surface area contributed by atoms with E-state index in [-0.39, 0.29) is 4.73 Å². The van der Waals surface area contributed by atoms with Crippen molar-refractivity contribution in [3.05, 3.63) is 27.5 Å². The van der Waals surface area contributed by atoms with Gasteiger partial charge in [0.2, 0.25) is 0 Å².